The number of nitrogens with zero attached hydrogens (tertiary/aromatic N) is 3. The standard InChI is InChI=1S/C7H7Cl5FN3/c1-2-3-16-5(13)4(14-15-16)6(8,9)7(10,11)12/h2-3H2,1H3. The quantitative estimate of drug-likeness (QED) is 0.789. The van der Waals surface area contributed by atoms with Gasteiger partial charge in [-0.3, -0.25) is 0 Å². The van der Waals surface area contributed by atoms with E-state index in [1.807, 2.05) is 6.92 Å². The molecule has 0 atom stereocenters. The van der Waals surface area contributed by atoms with Crippen molar-refractivity contribution in [3.8, 4) is 0 Å². The number of aryl methyl sites for hydroxylation is 1. The molecule has 1 heterocycles. The van der Waals surface area contributed by atoms with E-state index >= 15 is 0 Å². The number of hydrogen-bond donors (Lipinski definition) is 0. The molecule has 1 aromatic heterocycles. The molecule has 16 heavy (non-hydrogen) atoms. The van der Waals surface area contributed by atoms with Crippen molar-refractivity contribution in [3.05, 3.63) is 11.6 Å². The van der Waals surface area contributed by atoms with Crippen molar-refractivity contribution >= 4 is 58.0 Å². The molecule has 0 unspecified atom stereocenters. The minimum atomic E-state index is -2.11. The van der Waals surface area contributed by atoms with Crippen molar-refractivity contribution in [3.63, 3.8) is 0 Å². The Balaban J connectivity index is 3.14. The van der Waals surface area contributed by atoms with Crippen LogP contribution in [0.5, 0.6) is 0 Å². The Morgan fingerprint density at radius 2 is 1.81 bits per heavy atom. The monoisotopic (exact) mass is 327 g/mol. The van der Waals surface area contributed by atoms with Gasteiger partial charge in [-0.1, -0.05) is 70.1 Å². The average Bonchev–Trinajstić information content (AvgIpc) is 2.47. The molecular formula is C7H7Cl5FN3. The van der Waals surface area contributed by atoms with E-state index in [0.717, 1.165) is 4.68 Å². The Morgan fingerprint density at radius 3 is 2.25 bits per heavy atom. The molecule has 0 aromatic carbocycles. The lowest BCUT2D eigenvalue weighted by Crippen LogP contribution is -2.30. The van der Waals surface area contributed by atoms with Crippen LogP contribution < -0.4 is 0 Å². The van der Waals surface area contributed by atoms with Gasteiger partial charge in [0.2, 0.25) is 14.1 Å². The van der Waals surface area contributed by atoms with Crippen LogP contribution >= 0.6 is 58.0 Å². The van der Waals surface area contributed by atoms with Gasteiger partial charge in [0.25, 0.3) is 0 Å². The Labute approximate surface area is 117 Å². The molecular weight excluding hydrogens is 322 g/mol. The summed E-state index contributed by atoms with van der Waals surface area (Å²) in [5.41, 5.74) is -0.399. The van der Waals surface area contributed by atoms with Crippen molar-refractivity contribution in [2.24, 2.45) is 0 Å². The van der Waals surface area contributed by atoms with Crippen LogP contribution in [0.25, 0.3) is 0 Å². The zero-order chi connectivity index (χ0) is 12.6. The third-order valence-electron chi connectivity index (χ3n) is 1.76. The van der Waals surface area contributed by atoms with E-state index in [-0.39, 0.29) is 0 Å². The first-order valence-electron chi connectivity index (χ1n) is 4.25. The van der Waals surface area contributed by atoms with Crippen LogP contribution in [0, 0.1) is 5.95 Å². The van der Waals surface area contributed by atoms with Crippen molar-refractivity contribution < 1.29 is 4.39 Å². The summed E-state index contributed by atoms with van der Waals surface area (Å²) in [4.78, 5) is 0. The largest absolute Gasteiger partial charge is 0.238 e. The highest BCUT2D eigenvalue weighted by Gasteiger charge is 2.51. The Morgan fingerprint density at radius 1 is 1.25 bits per heavy atom. The SMILES string of the molecule is CCCn1nnc(C(Cl)(Cl)C(Cl)(Cl)Cl)c1F. The van der Waals surface area contributed by atoms with E-state index in [9.17, 15) is 4.39 Å². The summed E-state index contributed by atoms with van der Waals surface area (Å²) in [6, 6.07) is 0. The molecule has 0 aliphatic carbocycles. The van der Waals surface area contributed by atoms with Crippen LogP contribution in [0.1, 0.15) is 19.0 Å². The van der Waals surface area contributed by atoms with E-state index in [2.05, 4.69) is 10.3 Å². The maximum atomic E-state index is 13.7. The first-order valence-corrected chi connectivity index (χ1v) is 6.14. The number of aromatic nitrogens is 3. The van der Waals surface area contributed by atoms with Gasteiger partial charge in [0.15, 0.2) is 5.69 Å². The first kappa shape index (κ1) is 14.6. The number of alkyl halides is 5. The number of halogens is 6. The van der Waals surface area contributed by atoms with Crippen LogP contribution in [0.15, 0.2) is 0 Å². The Hall–Kier alpha value is 0.520. The fraction of sp³-hybridized carbons (Fsp3) is 0.714. The lowest BCUT2D eigenvalue weighted by Gasteiger charge is -2.24. The van der Waals surface area contributed by atoms with Gasteiger partial charge < -0.3 is 0 Å². The van der Waals surface area contributed by atoms with Gasteiger partial charge >= 0.3 is 0 Å². The highest BCUT2D eigenvalue weighted by Crippen LogP contribution is 2.52. The van der Waals surface area contributed by atoms with Gasteiger partial charge in [0, 0.05) is 6.54 Å². The molecule has 0 saturated carbocycles. The summed E-state index contributed by atoms with van der Waals surface area (Å²) in [6.07, 6.45) is 0.672. The van der Waals surface area contributed by atoms with Crippen LogP contribution in [-0.4, -0.2) is 18.8 Å². The zero-order valence-electron chi connectivity index (χ0n) is 8.02. The molecule has 3 nitrogen and oxygen atoms in total. The van der Waals surface area contributed by atoms with Crippen molar-refractivity contribution in [1.82, 2.24) is 15.0 Å². The fourth-order valence-electron chi connectivity index (χ4n) is 0.983. The second-order valence-electron chi connectivity index (χ2n) is 3.02. The zero-order valence-corrected chi connectivity index (χ0v) is 11.8. The van der Waals surface area contributed by atoms with Gasteiger partial charge in [-0.05, 0) is 6.42 Å². The van der Waals surface area contributed by atoms with Gasteiger partial charge in [0.1, 0.15) is 0 Å². The normalized spacial score (nSPS) is 13.2. The van der Waals surface area contributed by atoms with E-state index in [0.29, 0.717) is 13.0 Å². The van der Waals surface area contributed by atoms with E-state index in [1.165, 1.54) is 0 Å². The maximum absolute atomic E-state index is 13.7. The second kappa shape index (κ2) is 5.02. The number of hydrogen-bond acceptors (Lipinski definition) is 2. The maximum Gasteiger partial charge on any atom is 0.238 e. The van der Waals surface area contributed by atoms with Gasteiger partial charge in [-0.25, -0.2) is 4.68 Å². The molecule has 9 heteroatoms. The first-order chi connectivity index (χ1) is 7.21. The molecule has 0 fully saturated rings. The lowest BCUT2D eigenvalue weighted by atomic mass is 10.3. The summed E-state index contributed by atoms with van der Waals surface area (Å²) in [6.45, 7) is 2.19. The van der Waals surface area contributed by atoms with Crippen LogP contribution in [-0.2, 0) is 10.9 Å². The number of rotatable bonds is 3. The summed E-state index contributed by atoms with van der Waals surface area (Å²) >= 11 is 28.2. The average molecular weight is 329 g/mol. The molecule has 0 amide bonds. The third-order valence-corrected chi connectivity index (χ3v) is 4.12. The smallest absolute Gasteiger partial charge is 0.219 e. The molecule has 0 spiro atoms. The summed E-state index contributed by atoms with van der Waals surface area (Å²) < 4.78 is 10.5. The topological polar surface area (TPSA) is 30.7 Å². The Kier molecular flexibility index (Phi) is 4.58. The molecule has 0 aliphatic rings. The van der Waals surface area contributed by atoms with Crippen LogP contribution in [0.2, 0.25) is 0 Å². The van der Waals surface area contributed by atoms with Crippen molar-refractivity contribution in [2.45, 2.75) is 28.0 Å². The predicted molar refractivity (Wildman–Crippen MR) is 63.9 cm³/mol. The Bertz CT molecular complexity index is 373. The minimum Gasteiger partial charge on any atom is -0.219 e. The summed E-state index contributed by atoms with van der Waals surface area (Å²) in [5, 5.41) is 7.03. The molecule has 1 rings (SSSR count). The molecule has 0 N–H and O–H groups in total. The van der Waals surface area contributed by atoms with Crippen molar-refractivity contribution in [1.29, 1.82) is 0 Å². The van der Waals surface area contributed by atoms with Gasteiger partial charge in [-0.15, -0.1) is 5.10 Å². The summed E-state index contributed by atoms with van der Waals surface area (Å²) in [5.74, 6) is -0.807. The molecule has 1 aromatic rings. The van der Waals surface area contributed by atoms with E-state index in [4.69, 9.17) is 58.0 Å². The van der Waals surface area contributed by atoms with E-state index in [1.54, 1.807) is 0 Å². The predicted octanol–water partition coefficient (Wildman–Crippen LogP) is 3.83. The molecule has 0 bridgehead atoms. The molecule has 92 valence electrons. The highest BCUT2D eigenvalue weighted by atomic mass is 35.6. The van der Waals surface area contributed by atoms with Crippen molar-refractivity contribution in [2.75, 3.05) is 0 Å². The molecule has 0 saturated heterocycles. The lowest BCUT2D eigenvalue weighted by molar-refractivity contribution is 0.442. The molecule has 0 aliphatic heterocycles. The van der Waals surface area contributed by atoms with Crippen LogP contribution in [0.3, 0.4) is 0 Å². The highest BCUT2D eigenvalue weighted by molar-refractivity contribution is 6.75. The second-order valence-corrected chi connectivity index (χ2v) is 6.63. The minimum absolute atomic E-state index is 0.336. The van der Waals surface area contributed by atoms with E-state index < -0.39 is 19.8 Å². The van der Waals surface area contributed by atoms with Gasteiger partial charge in [0.05, 0.1) is 0 Å². The fourth-order valence-corrected chi connectivity index (χ4v) is 1.48. The molecule has 0 radical (unpaired) electrons. The third kappa shape index (κ3) is 2.67. The van der Waals surface area contributed by atoms with Gasteiger partial charge in [-0.2, -0.15) is 4.39 Å². The summed E-state index contributed by atoms with van der Waals surface area (Å²) in [7, 11) is 0. The van der Waals surface area contributed by atoms with Crippen LogP contribution in [0.4, 0.5) is 4.39 Å².